The molecule has 0 aliphatic heterocycles. The van der Waals surface area contributed by atoms with E-state index in [4.69, 9.17) is 28.9 Å². The van der Waals surface area contributed by atoms with Crippen LogP contribution in [0.1, 0.15) is 10.4 Å². The molecule has 0 amide bonds. The first kappa shape index (κ1) is 15.4. The van der Waals surface area contributed by atoms with Crippen molar-refractivity contribution in [3.8, 4) is 0 Å². The Labute approximate surface area is 130 Å². The summed E-state index contributed by atoms with van der Waals surface area (Å²) >= 11 is 11.7. The van der Waals surface area contributed by atoms with Crippen LogP contribution in [0.2, 0.25) is 10.0 Å². The van der Waals surface area contributed by atoms with Crippen molar-refractivity contribution in [3.05, 3.63) is 51.8 Å². The maximum Gasteiger partial charge on any atom is 0.340 e. The zero-order valence-electron chi connectivity index (χ0n) is 10.9. The summed E-state index contributed by atoms with van der Waals surface area (Å²) in [5.74, 6) is -1.20. The highest BCUT2D eigenvalue weighted by atomic mass is 35.5. The molecule has 0 aliphatic rings. The number of benzene rings is 2. The van der Waals surface area contributed by atoms with Gasteiger partial charge in [0.15, 0.2) is 0 Å². The third kappa shape index (κ3) is 3.37. The normalized spacial score (nSPS) is 10.3. The van der Waals surface area contributed by atoms with E-state index in [1.807, 2.05) is 0 Å². The molecule has 0 fully saturated rings. The van der Waals surface area contributed by atoms with Crippen molar-refractivity contribution < 1.29 is 13.9 Å². The van der Waals surface area contributed by atoms with Gasteiger partial charge in [0.1, 0.15) is 5.82 Å². The van der Waals surface area contributed by atoms with Crippen LogP contribution in [0.25, 0.3) is 0 Å². The monoisotopic (exact) mass is 328 g/mol. The van der Waals surface area contributed by atoms with Gasteiger partial charge in [-0.15, -0.1) is 0 Å². The lowest BCUT2D eigenvalue weighted by Gasteiger charge is -2.14. The molecule has 0 saturated heterocycles. The highest BCUT2D eigenvalue weighted by Gasteiger charge is 2.17. The summed E-state index contributed by atoms with van der Waals surface area (Å²) in [7, 11) is 1.24. The largest absolute Gasteiger partial charge is 0.465 e. The first-order chi connectivity index (χ1) is 9.92. The summed E-state index contributed by atoms with van der Waals surface area (Å²) < 4.78 is 18.1. The van der Waals surface area contributed by atoms with Gasteiger partial charge in [0.05, 0.1) is 28.4 Å². The molecule has 2 aromatic carbocycles. The number of nitrogens with two attached hydrogens (primary N) is 1. The zero-order chi connectivity index (χ0) is 15.6. The Hall–Kier alpha value is -1.98. The molecule has 2 aromatic rings. The number of carbonyl (C=O) groups is 1. The van der Waals surface area contributed by atoms with Crippen LogP contribution in [-0.2, 0) is 4.74 Å². The number of hydrogen-bond donors (Lipinski definition) is 2. The van der Waals surface area contributed by atoms with Crippen molar-refractivity contribution >= 4 is 46.2 Å². The number of anilines is 3. The predicted molar refractivity (Wildman–Crippen MR) is 81.9 cm³/mol. The smallest absolute Gasteiger partial charge is 0.340 e. The molecule has 0 heterocycles. The minimum absolute atomic E-state index is 0.00264. The van der Waals surface area contributed by atoms with E-state index in [2.05, 4.69) is 10.1 Å². The van der Waals surface area contributed by atoms with E-state index < -0.39 is 11.8 Å². The van der Waals surface area contributed by atoms with Gasteiger partial charge in [0.2, 0.25) is 0 Å². The molecule has 0 radical (unpaired) electrons. The van der Waals surface area contributed by atoms with Crippen molar-refractivity contribution in [2.45, 2.75) is 0 Å². The lowest BCUT2D eigenvalue weighted by molar-refractivity contribution is 0.0602. The zero-order valence-corrected chi connectivity index (χ0v) is 12.4. The van der Waals surface area contributed by atoms with Gasteiger partial charge >= 0.3 is 5.97 Å². The molecule has 0 bridgehead atoms. The van der Waals surface area contributed by atoms with Crippen LogP contribution in [0.5, 0.6) is 0 Å². The molecule has 0 unspecified atom stereocenters. The average Bonchev–Trinajstić information content (AvgIpc) is 2.44. The molecule has 0 saturated carbocycles. The molecule has 0 aromatic heterocycles. The van der Waals surface area contributed by atoms with E-state index in [0.29, 0.717) is 11.4 Å². The summed E-state index contributed by atoms with van der Waals surface area (Å²) in [5, 5.41) is 3.08. The highest BCUT2D eigenvalue weighted by molar-refractivity contribution is 6.34. The van der Waals surface area contributed by atoms with E-state index in [-0.39, 0.29) is 21.3 Å². The van der Waals surface area contributed by atoms with E-state index in [0.717, 1.165) is 0 Å². The summed E-state index contributed by atoms with van der Waals surface area (Å²) in [6.45, 7) is 0. The second-order valence-electron chi connectivity index (χ2n) is 4.17. The molecule has 2 rings (SSSR count). The number of halogens is 3. The summed E-state index contributed by atoms with van der Waals surface area (Å²) in [6.07, 6.45) is 0. The van der Waals surface area contributed by atoms with Gasteiger partial charge in [-0.2, -0.15) is 0 Å². The fraction of sp³-hybridized carbons (Fsp3) is 0.0714. The van der Waals surface area contributed by atoms with Crippen LogP contribution >= 0.6 is 23.2 Å². The van der Waals surface area contributed by atoms with Gasteiger partial charge in [-0.1, -0.05) is 23.2 Å². The number of methoxy groups -OCH3 is 1. The lowest BCUT2D eigenvalue weighted by Crippen LogP contribution is -2.07. The molecule has 3 N–H and O–H groups in total. The van der Waals surface area contributed by atoms with Crippen LogP contribution in [0.15, 0.2) is 30.3 Å². The molecule has 0 spiro atoms. The topological polar surface area (TPSA) is 64.3 Å². The van der Waals surface area contributed by atoms with Crippen molar-refractivity contribution in [3.63, 3.8) is 0 Å². The van der Waals surface area contributed by atoms with E-state index in [1.165, 1.54) is 31.4 Å². The second-order valence-corrected chi connectivity index (χ2v) is 4.99. The Bertz CT molecular complexity index is 708. The summed E-state index contributed by atoms with van der Waals surface area (Å²) in [5.41, 5.74) is 6.79. The Morgan fingerprint density at radius 2 is 1.95 bits per heavy atom. The fourth-order valence-electron chi connectivity index (χ4n) is 1.74. The highest BCUT2D eigenvalue weighted by Crippen LogP contribution is 2.33. The lowest BCUT2D eigenvalue weighted by atomic mass is 10.1. The van der Waals surface area contributed by atoms with Gasteiger partial charge < -0.3 is 15.8 Å². The maximum atomic E-state index is 13.5. The van der Waals surface area contributed by atoms with Crippen LogP contribution in [0.3, 0.4) is 0 Å². The van der Waals surface area contributed by atoms with Crippen molar-refractivity contribution in [1.82, 2.24) is 0 Å². The van der Waals surface area contributed by atoms with Gasteiger partial charge in [-0.3, -0.25) is 0 Å². The molecular weight excluding hydrogens is 318 g/mol. The molecular formula is C14H11Cl2FN2O2. The van der Waals surface area contributed by atoms with Crippen molar-refractivity contribution in [1.29, 1.82) is 0 Å². The third-order valence-electron chi connectivity index (χ3n) is 2.71. The maximum absolute atomic E-state index is 13.5. The first-order valence-corrected chi connectivity index (χ1v) is 6.57. The third-order valence-corrected chi connectivity index (χ3v) is 3.31. The first-order valence-electron chi connectivity index (χ1n) is 5.81. The number of rotatable bonds is 3. The Balaban J connectivity index is 2.47. The number of carbonyl (C=O) groups excluding carboxylic acids is 1. The number of hydrogen-bond acceptors (Lipinski definition) is 4. The van der Waals surface area contributed by atoms with E-state index in [1.54, 1.807) is 6.07 Å². The number of esters is 1. The Kier molecular flexibility index (Phi) is 4.55. The molecule has 110 valence electrons. The molecule has 4 nitrogen and oxygen atoms in total. The van der Waals surface area contributed by atoms with Gasteiger partial charge in [0.25, 0.3) is 0 Å². The quantitative estimate of drug-likeness (QED) is 0.653. The van der Waals surface area contributed by atoms with Crippen LogP contribution in [0, 0.1) is 5.82 Å². The van der Waals surface area contributed by atoms with Gasteiger partial charge in [0, 0.05) is 11.4 Å². The Morgan fingerprint density at radius 1 is 1.24 bits per heavy atom. The summed E-state index contributed by atoms with van der Waals surface area (Å²) in [6, 6.07) is 7.03. The molecule has 21 heavy (non-hydrogen) atoms. The Morgan fingerprint density at radius 3 is 2.57 bits per heavy atom. The minimum atomic E-state index is -0.610. The van der Waals surface area contributed by atoms with Crippen molar-refractivity contribution in [2.75, 3.05) is 18.2 Å². The van der Waals surface area contributed by atoms with E-state index in [9.17, 15) is 9.18 Å². The number of nitrogens with one attached hydrogen (secondary N) is 1. The molecule has 0 aliphatic carbocycles. The van der Waals surface area contributed by atoms with Crippen LogP contribution in [-0.4, -0.2) is 13.1 Å². The van der Waals surface area contributed by atoms with Gasteiger partial charge in [-0.25, -0.2) is 9.18 Å². The summed E-state index contributed by atoms with van der Waals surface area (Å²) in [4.78, 5) is 11.8. The van der Waals surface area contributed by atoms with Gasteiger partial charge in [-0.05, 0) is 30.3 Å². The van der Waals surface area contributed by atoms with Crippen LogP contribution in [0.4, 0.5) is 21.5 Å². The fourth-order valence-corrected chi connectivity index (χ4v) is 2.14. The number of nitrogen functional groups attached to an aromatic ring is 1. The van der Waals surface area contributed by atoms with E-state index >= 15 is 0 Å². The number of ether oxygens (including phenoxy) is 1. The molecule has 7 heteroatoms. The van der Waals surface area contributed by atoms with Crippen molar-refractivity contribution in [2.24, 2.45) is 0 Å². The standard InChI is InChI=1S/C14H11Cl2FN2O2/c1-21-14(20)9-4-7(18)5-11(16)13(9)19-8-2-3-10(15)12(17)6-8/h2-6,19H,18H2,1H3. The average molecular weight is 329 g/mol. The SMILES string of the molecule is COC(=O)c1cc(N)cc(Cl)c1Nc1ccc(Cl)c(F)c1. The second kappa shape index (κ2) is 6.20. The predicted octanol–water partition coefficient (Wildman–Crippen LogP) is 4.24. The molecule has 0 atom stereocenters. The van der Waals surface area contributed by atoms with Crippen LogP contribution < -0.4 is 11.1 Å². The minimum Gasteiger partial charge on any atom is -0.465 e.